The third-order valence-electron chi connectivity index (χ3n) is 3.04. The summed E-state index contributed by atoms with van der Waals surface area (Å²) in [4.78, 5) is 14.2. The minimum absolute atomic E-state index is 0.0125. The Morgan fingerprint density at radius 2 is 2.25 bits per heavy atom. The van der Waals surface area contributed by atoms with Crippen LogP contribution in [0.15, 0.2) is 18.2 Å². The van der Waals surface area contributed by atoms with Crippen LogP contribution >= 0.6 is 11.6 Å². The molecular weight excluding hydrogens is 276 g/mol. The van der Waals surface area contributed by atoms with Gasteiger partial charge in [-0.2, -0.15) is 5.26 Å². The van der Waals surface area contributed by atoms with Crippen molar-refractivity contribution in [2.24, 2.45) is 5.92 Å². The molecule has 0 saturated heterocycles. The monoisotopic (exact) mass is 294 g/mol. The second-order valence-electron chi connectivity index (χ2n) is 4.63. The van der Waals surface area contributed by atoms with Gasteiger partial charge in [-0.1, -0.05) is 18.5 Å². The smallest absolute Gasteiger partial charge is 0.176 e. The van der Waals surface area contributed by atoms with Crippen molar-refractivity contribution < 1.29 is 9.53 Å². The number of hydrogen-bond acceptors (Lipinski definition) is 4. The van der Waals surface area contributed by atoms with E-state index in [2.05, 4.69) is 6.07 Å². The number of likely N-dealkylation sites (N-methyl/N-ethyl adjacent to an activating group) is 1. The number of carbonyl (C=O) groups is 1. The molecule has 1 aromatic rings. The highest BCUT2D eigenvalue weighted by Gasteiger charge is 2.15. The van der Waals surface area contributed by atoms with E-state index in [-0.39, 0.29) is 18.2 Å². The highest BCUT2D eigenvalue weighted by molar-refractivity contribution is 6.32. The average Bonchev–Trinajstić information content (AvgIpc) is 2.45. The van der Waals surface area contributed by atoms with Crippen LogP contribution in [0, 0.1) is 17.2 Å². The number of ketones is 1. The maximum absolute atomic E-state index is 12.2. The summed E-state index contributed by atoms with van der Waals surface area (Å²) in [5, 5.41) is 9.25. The second-order valence-corrected chi connectivity index (χ2v) is 5.04. The van der Waals surface area contributed by atoms with Crippen molar-refractivity contribution in [3.05, 3.63) is 28.8 Å². The molecule has 0 aliphatic rings. The molecule has 0 bridgehead atoms. The molecule has 0 spiro atoms. The van der Waals surface area contributed by atoms with Crippen LogP contribution < -0.4 is 4.74 Å². The molecule has 1 atom stereocenters. The van der Waals surface area contributed by atoms with Crippen molar-refractivity contribution in [2.45, 2.75) is 13.8 Å². The Bertz CT molecular complexity index is 511. The SMILES string of the molecule is CCN(CC(=O)c1ccc(OC)c(Cl)c1)CC(C)C#N. The van der Waals surface area contributed by atoms with Crippen molar-refractivity contribution in [1.82, 2.24) is 4.90 Å². The van der Waals surface area contributed by atoms with Crippen LogP contribution in [0.25, 0.3) is 0 Å². The number of nitriles is 1. The van der Waals surface area contributed by atoms with Gasteiger partial charge in [-0.25, -0.2) is 0 Å². The number of Topliss-reactive ketones (excluding diaryl/α,β-unsaturated/α-hetero) is 1. The Morgan fingerprint density at radius 1 is 1.55 bits per heavy atom. The number of halogens is 1. The molecule has 0 N–H and O–H groups in total. The number of carbonyl (C=O) groups excluding carboxylic acids is 1. The van der Waals surface area contributed by atoms with Crippen LogP contribution in [-0.4, -0.2) is 37.4 Å². The van der Waals surface area contributed by atoms with Crippen LogP contribution in [0.2, 0.25) is 5.02 Å². The summed E-state index contributed by atoms with van der Waals surface area (Å²) in [6.45, 7) is 5.41. The third kappa shape index (κ3) is 4.52. The Hall–Kier alpha value is -1.57. The van der Waals surface area contributed by atoms with Crippen molar-refractivity contribution in [3.63, 3.8) is 0 Å². The first-order valence-electron chi connectivity index (χ1n) is 6.50. The summed E-state index contributed by atoms with van der Waals surface area (Å²) >= 11 is 6.02. The van der Waals surface area contributed by atoms with Crippen molar-refractivity contribution >= 4 is 17.4 Å². The number of nitrogens with zero attached hydrogens (tertiary/aromatic N) is 2. The predicted molar refractivity (Wildman–Crippen MR) is 79.2 cm³/mol. The van der Waals surface area contributed by atoms with Crippen LogP contribution in [0.1, 0.15) is 24.2 Å². The fraction of sp³-hybridized carbons (Fsp3) is 0.467. The Morgan fingerprint density at radius 3 is 2.75 bits per heavy atom. The number of ether oxygens (including phenoxy) is 1. The van der Waals surface area contributed by atoms with E-state index in [0.29, 0.717) is 22.9 Å². The summed E-state index contributed by atoms with van der Waals surface area (Å²) in [5.41, 5.74) is 0.555. The molecule has 4 nitrogen and oxygen atoms in total. The van der Waals surface area contributed by atoms with Gasteiger partial charge in [0.1, 0.15) is 5.75 Å². The molecule has 1 unspecified atom stereocenters. The quantitative estimate of drug-likeness (QED) is 0.725. The summed E-state index contributed by atoms with van der Waals surface area (Å²) in [6.07, 6.45) is 0. The summed E-state index contributed by atoms with van der Waals surface area (Å²) in [5.74, 6) is 0.442. The number of rotatable bonds is 7. The van der Waals surface area contributed by atoms with Gasteiger partial charge in [-0.05, 0) is 31.7 Å². The zero-order valence-corrected chi connectivity index (χ0v) is 12.8. The molecule has 0 radical (unpaired) electrons. The van der Waals surface area contributed by atoms with Crippen LogP contribution in [0.5, 0.6) is 5.75 Å². The minimum Gasteiger partial charge on any atom is -0.495 e. The van der Waals surface area contributed by atoms with E-state index in [9.17, 15) is 4.79 Å². The lowest BCUT2D eigenvalue weighted by Crippen LogP contribution is -2.33. The number of benzene rings is 1. The highest BCUT2D eigenvalue weighted by Crippen LogP contribution is 2.25. The zero-order chi connectivity index (χ0) is 15.1. The van der Waals surface area contributed by atoms with E-state index in [0.717, 1.165) is 6.54 Å². The van der Waals surface area contributed by atoms with Gasteiger partial charge in [-0.15, -0.1) is 0 Å². The lowest BCUT2D eigenvalue weighted by atomic mass is 10.1. The lowest BCUT2D eigenvalue weighted by molar-refractivity contribution is 0.0929. The molecule has 5 heteroatoms. The van der Waals surface area contributed by atoms with Crippen molar-refractivity contribution in [3.8, 4) is 11.8 Å². The minimum atomic E-state index is -0.0952. The predicted octanol–water partition coefficient (Wildman–Crippen LogP) is 3.01. The first-order chi connectivity index (χ1) is 9.51. The van der Waals surface area contributed by atoms with Gasteiger partial charge in [-0.3, -0.25) is 9.69 Å². The van der Waals surface area contributed by atoms with Gasteiger partial charge in [0.05, 0.1) is 30.7 Å². The molecule has 0 aromatic heterocycles. The van der Waals surface area contributed by atoms with Gasteiger partial charge < -0.3 is 4.74 Å². The van der Waals surface area contributed by atoms with Crippen LogP contribution in [0.3, 0.4) is 0 Å². The van der Waals surface area contributed by atoms with Gasteiger partial charge in [0.2, 0.25) is 0 Å². The van der Waals surface area contributed by atoms with Gasteiger partial charge >= 0.3 is 0 Å². The molecule has 1 rings (SSSR count). The number of hydrogen-bond donors (Lipinski definition) is 0. The Balaban J connectivity index is 2.74. The second kappa shape index (κ2) is 7.88. The summed E-state index contributed by atoms with van der Waals surface area (Å²) in [6, 6.07) is 7.18. The molecule has 0 amide bonds. The lowest BCUT2D eigenvalue weighted by Gasteiger charge is -2.20. The van der Waals surface area contributed by atoms with Gasteiger partial charge in [0.15, 0.2) is 5.78 Å². The van der Waals surface area contributed by atoms with E-state index in [4.69, 9.17) is 21.6 Å². The average molecular weight is 295 g/mol. The molecule has 0 fully saturated rings. The summed E-state index contributed by atoms with van der Waals surface area (Å²) in [7, 11) is 1.53. The van der Waals surface area contributed by atoms with Crippen LogP contribution in [-0.2, 0) is 0 Å². The third-order valence-corrected chi connectivity index (χ3v) is 3.34. The zero-order valence-electron chi connectivity index (χ0n) is 12.0. The maximum Gasteiger partial charge on any atom is 0.176 e. The first kappa shape index (κ1) is 16.5. The molecule has 1 aromatic carbocycles. The van der Waals surface area contributed by atoms with Crippen molar-refractivity contribution in [1.29, 1.82) is 5.26 Å². The van der Waals surface area contributed by atoms with E-state index in [1.54, 1.807) is 18.2 Å². The maximum atomic E-state index is 12.2. The largest absolute Gasteiger partial charge is 0.495 e. The van der Waals surface area contributed by atoms with E-state index in [1.807, 2.05) is 18.7 Å². The highest BCUT2D eigenvalue weighted by atomic mass is 35.5. The molecule has 0 heterocycles. The fourth-order valence-corrected chi connectivity index (χ4v) is 2.13. The molecule has 0 aliphatic carbocycles. The molecule has 0 saturated carbocycles. The van der Waals surface area contributed by atoms with Gasteiger partial charge in [0, 0.05) is 12.1 Å². The Labute approximate surface area is 124 Å². The standard InChI is InChI=1S/C15H19ClN2O2/c1-4-18(9-11(2)8-17)10-14(19)12-5-6-15(20-3)13(16)7-12/h5-7,11H,4,9-10H2,1-3H3. The number of methoxy groups -OCH3 is 1. The summed E-state index contributed by atoms with van der Waals surface area (Å²) < 4.78 is 5.06. The van der Waals surface area contributed by atoms with Gasteiger partial charge in [0.25, 0.3) is 0 Å². The van der Waals surface area contributed by atoms with Crippen molar-refractivity contribution in [2.75, 3.05) is 26.7 Å². The molecule has 0 aliphatic heterocycles. The Kier molecular flexibility index (Phi) is 6.50. The molecule has 108 valence electrons. The molecule has 20 heavy (non-hydrogen) atoms. The first-order valence-corrected chi connectivity index (χ1v) is 6.88. The van der Waals surface area contributed by atoms with E-state index >= 15 is 0 Å². The molecular formula is C15H19ClN2O2. The van der Waals surface area contributed by atoms with Crippen LogP contribution in [0.4, 0.5) is 0 Å². The topological polar surface area (TPSA) is 53.3 Å². The normalized spacial score (nSPS) is 12.0. The van der Waals surface area contributed by atoms with E-state index in [1.165, 1.54) is 7.11 Å². The van der Waals surface area contributed by atoms with E-state index < -0.39 is 0 Å². The fourth-order valence-electron chi connectivity index (χ4n) is 1.87.